The molecule has 0 aliphatic rings. The lowest BCUT2D eigenvalue weighted by atomic mass is 10.0. The van der Waals surface area contributed by atoms with Crippen LogP contribution in [0.1, 0.15) is 28.4 Å². The van der Waals surface area contributed by atoms with Crippen LogP contribution >= 0.6 is 0 Å². The van der Waals surface area contributed by atoms with Gasteiger partial charge in [-0.25, -0.2) is 4.39 Å². The van der Waals surface area contributed by atoms with E-state index in [-0.39, 0.29) is 6.42 Å². The molecule has 0 N–H and O–H groups in total. The number of halogens is 4. The smallest absolute Gasteiger partial charge is 0.294 e. The number of carbonyl (C=O) groups is 1. The minimum absolute atomic E-state index is 0.196. The molecule has 0 spiro atoms. The van der Waals surface area contributed by atoms with Crippen LogP contribution in [0.4, 0.5) is 17.6 Å². The van der Waals surface area contributed by atoms with Crippen molar-refractivity contribution in [3.63, 3.8) is 0 Å². The summed E-state index contributed by atoms with van der Waals surface area (Å²) in [6.07, 6.45) is -1.98. The van der Waals surface area contributed by atoms with Crippen LogP contribution in [0.25, 0.3) is 0 Å². The summed E-state index contributed by atoms with van der Waals surface area (Å²) in [6.45, 7) is 2.46. The summed E-state index contributed by atoms with van der Waals surface area (Å²) in [5.41, 5.74) is -1.47. The normalized spacial score (nSPS) is 11.7. The maximum atomic E-state index is 13.8. The minimum Gasteiger partial charge on any atom is -0.294 e. The molecule has 3 nitrogen and oxygen atoms in total. The van der Waals surface area contributed by atoms with Crippen LogP contribution in [-0.2, 0) is 19.1 Å². The predicted molar refractivity (Wildman–Crippen MR) is 67.3 cm³/mol. The SMILES string of the molecule is CCn1cc(CC(=O)c2cccc(C(F)(F)F)c2F)cn1. The Labute approximate surface area is 118 Å². The first-order valence-corrected chi connectivity index (χ1v) is 6.23. The number of aryl methyl sites for hydroxylation is 1. The van der Waals surface area contributed by atoms with E-state index in [1.165, 1.54) is 6.20 Å². The molecular formula is C14H12F4N2O. The Morgan fingerprint density at radius 1 is 1.33 bits per heavy atom. The van der Waals surface area contributed by atoms with Crippen LogP contribution in [0.3, 0.4) is 0 Å². The molecule has 0 radical (unpaired) electrons. The predicted octanol–water partition coefficient (Wildman–Crippen LogP) is 3.49. The zero-order chi connectivity index (χ0) is 15.6. The molecule has 0 saturated carbocycles. The van der Waals surface area contributed by atoms with Crippen LogP contribution in [0, 0.1) is 5.82 Å². The molecule has 2 aromatic rings. The van der Waals surface area contributed by atoms with E-state index in [0.29, 0.717) is 18.2 Å². The molecule has 2 rings (SSSR count). The van der Waals surface area contributed by atoms with Crippen molar-refractivity contribution in [2.75, 3.05) is 0 Å². The molecule has 112 valence electrons. The Hall–Kier alpha value is -2.18. The Bertz CT molecular complexity index is 661. The lowest BCUT2D eigenvalue weighted by Crippen LogP contribution is -2.13. The number of hydrogen-bond donors (Lipinski definition) is 0. The molecule has 0 saturated heterocycles. The topological polar surface area (TPSA) is 34.9 Å². The van der Waals surface area contributed by atoms with Gasteiger partial charge in [0, 0.05) is 19.2 Å². The summed E-state index contributed by atoms with van der Waals surface area (Å²) < 4.78 is 53.2. The van der Waals surface area contributed by atoms with Crippen LogP contribution in [0.2, 0.25) is 0 Å². The van der Waals surface area contributed by atoms with Gasteiger partial charge in [-0.15, -0.1) is 0 Å². The number of nitrogens with zero attached hydrogens (tertiary/aromatic N) is 2. The molecule has 7 heteroatoms. The Morgan fingerprint density at radius 2 is 2.05 bits per heavy atom. The summed E-state index contributed by atoms with van der Waals surface area (Å²) >= 11 is 0. The van der Waals surface area contributed by atoms with Gasteiger partial charge in [-0.05, 0) is 24.6 Å². The number of rotatable bonds is 4. The lowest BCUT2D eigenvalue weighted by Gasteiger charge is -2.10. The molecule has 0 atom stereocenters. The average molecular weight is 300 g/mol. The second-order valence-electron chi connectivity index (χ2n) is 4.47. The summed E-state index contributed by atoms with van der Waals surface area (Å²) in [6, 6.07) is 2.69. The minimum atomic E-state index is -4.83. The van der Waals surface area contributed by atoms with Crippen molar-refractivity contribution >= 4 is 5.78 Å². The number of carbonyl (C=O) groups excluding carboxylic acids is 1. The van der Waals surface area contributed by atoms with Gasteiger partial charge in [-0.1, -0.05) is 6.07 Å². The van der Waals surface area contributed by atoms with Gasteiger partial charge < -0.3 is 0 Å². The highest BCUT2D eigenvalue weighted by molar-refractivity contribution is 5.97. The maximum absolute atomic E-state index is 13.8. The number of benzene rings is 1. The van der Waals surface area contributed by atoms with Gasteiger partial charge in [0.25, 0.3) is 0 Å². The molecule has 21 heavy (non-hydrogen) atoms. The van der Waals surface area contributed by atoms with E-state index >= 15 is 0 Å². The van der Waals surface area contributed by atoms with Gasteiger partial charge in [-0.3, -0.25) is 9.48 Å². The Morgan fingerprint density at radius 3 is 2.62 bits per heavy atom. The van der Waals surface area contributed by atoms with E-state index in [1.54, 1.807) is 10.9 Å². The third kappa shape index (κ3) is 3.29. The summed E-state index contributed by atoms with van der Waals surface area (Å²) in [7, 11) is 0. The fourth-order valence-corrected chi connectivity index (χ4v) is 1.92. The van der Waals surface area contributed by atoms with Gasteiger partial charge in [0.1, 0.15) is 5.82 Å². The molecular weight excluding hydrogens is 288 g/mol. The first-order valence-electron chi connectivity index (χ1n) is 6.23. The first-order chi connectivity index (χ1) is 9.82. The van der Waals surface area contributed by atoms with Crippen molar-refractivity contribution < 1.29 is 22.4 Å². The maximum Gasteiger partial charge on any atom is 0.419 e. The highest BCUT2D eigenvalue weighted by atomic mass is 19.4. The standard InChI is InChI=1S/C14H12F4N2O/c1-2-20-8-9(7-19-20)6-12(21)10-4-3-5-11(13(10)15)14(16,17)18/h3-5,7-8H,2,6H2,1H3. The van der Waals surface area contributed by atoms with E-state index in [0.717, 1.165) is 12.1 Å². The molecule has 0 fully saturated rings. The second-order valence-corrected chi connectivity index (χ2v) is 4.47. The third-order valence-electron chi connectivity index (χ3n) is 2.98. The summed E-state index contributed by atoms with van der Waals surface area (Å²) in [5.74, 6) is -2.24. The zero-order valence-electron chi connectivity index (χ0n) is 11.1. The van der Waals surface area contributed by atoms with Crippen molar-refractivity contribution in [2.24, 2.45) is 0 Å². The first kappa shape index (κ1) is 15.2. The molecule has 1 aromatic carbocycles. The summed E-state index contributed by atoms with van der Waals surface area (Å²) in [5, 5.41) is 3.95. The molecule has 1 aromatic heterocycles. The molecule has 0 aliphatic carbocycles. The van der Waals surface area contributed by atoms with Crippen LogP contribution in [0.5, 0.6) is 0 Å². The van der Waals surface area contributed by atoms with Crippen molar-refractivity contribution in [2.45, 2.75) is 26.1 Å². The van der Waals surface area contributed by atoms with Gasteiger partial charge in [0.2, 0.25) is 0 Å². The lowest BCUT2D eigenvalue weighted by molar-refractivity contribution is -0.140. The van der Waals surface area contributed by atoms with Crippen LogP contribution in [-0.4, -0.2) is 15.6 Å². The summed E-state index contributed by atoms with van der Waals surface area (Å²) in [4.78, 5) is 12.0. The quantitative estimate of drug-likeness (QED) is 0.640. The number of alkyl halides is 3. The average Bonchev–Trinajstić information content (AvgIpc) is 2.85. The number of ketones is 1. The van der Waals surface area contributed by atoms with Crippen molar-refractivity contribution in [3.8, 4) is 0 Å². The van der Waals surface area contributed by atoms with E-state index in [1.807, 2.05) is 6.92 Å². The number of aromatic nitrogens is 2. The van der Waals surface area contributed by atoms with Gasteiger partial charge in [0.15, 0.2) is 5.78 Å². The second kappa shape index (κ2) is 5.67. The van der Waals surface area contributed by atoms with Crippen molar-refractivity contribution in [3.05, 3.63) is 53.1 Å². The van der Waals surface area contributed by atoms with Crippen molar-refractivity contribution in [1.29, 1.82) is 0 Å². The Kier molecular flexibility index (Phi) is 4.11. The van der Waals surface area contributed by atoms with Gasteiger partial charge in [0.05, 0.1) is 17.3 Å². The van der Waals surface area contributed by atoms with Crippen molar-refractivity contribution in [1.82, 2.24) is 9.78 Å². The monoisotopic (exact) mass is 300 g/mol. The van der Waals surface area contributed by atoms with E-state index < -0.39 is 28.9 Å². The van der Waals surface area contributed by atoms with Crippen LogP contribution in [0.15, 0.2) is 30.6 Å². The largest absolute Gasteiger partial charge is 0.419 e. The third-order valence-corrected chi connectivity index (χ3v) is 2.98. The highest BCUT2D eigenvalue weighted by Crippen LogP contribution is 2.32. The van der Waals surface area contributed by atoms with Crippen LogP contribution < -0.4 is 0 Å². The zero-order valence-corrected chi connectivity index (χ0v) is 11.1. The fourth-order valence-electron chi connectivity index (χ4n) is 1.92. The molecule has 0 aliphatic heterocycles. The van der Waals surface area contributed by atoms with E-state index in [9.17, 15) is 22.4 Å². The molecule has 0 unspecified atom stereocenters. The van der Waals surface area contributed by atoms with E-state index in [4.69, 9.17) is 0 Å². The Balaban J connectivity index is 2.27. The molecule has 0 bridgehead atoms. The van der Waals surface area contributed by atoms with Gasteiger partial charge in [-0.2, -0.15) is 18.3 Å². The molecule has 0 amide bonds. The number of hydrogen-bond acceptors (Lipinski definition) is 2. The van der Waals surface area contributed by atoms with Gasteiger partial charge >= 0.3 is 6.18 Å². The molecule has 1 heterocycles. The highest BCUT2D eigenvalue weighted by Gasteiger charge is 2.35. The van der Waals surface area contributed by atoms with E-state index in [2.05, 4.69) is 5.10 Å². The number of Topliss-reactive ketones (excluding diaryl/α,β-unsaturated/α-hetero) is 1. The fraction of sp³-hybridized carbons (Fsp3) is 0.286.